The topological polar surface area (TPSA) is 96.2 Å². The molecular weight excluding hydrogens is 444 g/mol. The lowest BCUT2D eigenvalue weighted by Crippen LogP contribution is -2.22. The number of hydrogen-bond donors (Lipinski definition) is 3. The Bertz CT molecular complexity index is 784. The SMILES string of the molecule is CCCC(CC[C@@H]1CC[C@@H]2[C@@H](C=C[C@H](O)COc3cccc(Cl)c3)[C@H](O)C[C@@H]2OC1)C(=O)O. The van der Waals surface area contributed by atoms with Gasteiger partial charge in [0.15, 0.2) is 0 Å². The van der Waals surface area contributed by atoms with Gasteiger partial charge in [0.1, 0.15) is 18.5 Å². The lowest BCUT2D eigenvalue weighted by Gasteiger charge is -2.21. The van der Waals surface area contributed by atoms with Crippen LogP contribution in [0.25, 0.3) is 0 Å². The molecule has 6 nitrogen and oxygen atoms in total. The highest BCUT2D eigenvalue weighted by molar-refractivity contribution is 6.30. The fourth-order valence-corrected chi connectivity index (χ4v) is 5.35. The van der Waals surface area contributed by atoms with E-state index >= 15 is 0 Å². The highest BCUT2D eigenvalue weighted by Gasteiger charge is 2.43. The van der Waals surface area contributed by atoms with Gasteiger partial charge in [0.2, 0.25) is 0 Å². The molecule has 2 fully saturated rings. The number of ether oxygens (including phenoxy) is 2. The van der Waals surface area contributed by atoms with Gasteiger partial charge in [-0.2, -0.15) is 0 Å². The minimum atomic E-state index is -0.791. The minimum absolute atomic E-state index is 0.00501. The molecule has 1 unspecified atom stereocenters. The molecule has 1 saturated carbocycles. The fraction of sp³-hybridized carbons (Fsp3) is 0.654. The summed E-state index contributed by atoms with van der Waals surface area (Å²) in [6.45, 7) is 2.75. The zero-order valence-corrected chi connectivity index (χ0v) is 20.1. The molecule has 0 spiro atoms. The number of carboxylic acids is 1. The first-order chi connectivity index (χ1) is 15.9. The number of aliphatic hydroxyl groups excluding tert-OH is 2. The second-order valence-electron chi connectivity index (χ2n) is 9.48. The number of fused-ring (bicyclic) bond motifs is 1. The third kappa shape index (κ3) is 7.71. The summed E-state index contributed by atoms with van der Waals surface area (Å²) in [7, 11) is 0. The molecular formula is C26H37ClO6. The van der Waals surface area contributed by atoms with E-state index in [0.29, 0.717) is 36.1 Å². The molecule has 0 radical (unpaired) electrons. The summed E-state index contributed by atoms with van der Waals surface area (Å²) < 4.78 is 11.8. The maximum atomic E-state index is 11.4. The van der Waals surface area contributed by atoms with Gasteiger partial charge in [0.25, 0.3) is 0 Å². The molecule has 1 saturated heterocycles. The van der Waals surface area contributed by atoms with Crippen molar-refractivity contribution in [3.05, 3.63) is 41.4 Å². The molecule has 1 aliphatic heterocycles. The number of carbonyl (C=O) groups is 1. The third-order valence-corrected chi connectivity index (χ3v) is 7.26. The molecule has 1 aromatic carbocycles. The number of carboxylic acid groups (broad SMARTS) is 1. The van der Waals surface area contributed by atoms with E-state index in [9.17, 15) is 20.1 Å². The van der Waals surface area contributed by atoms with Crippen LogP contribution in [-0.4, -0.2) is 52.8 Å². The van der Waals surface area contributed by atoms with Crippen molar-refractivity contribution in [3.63, 3.8) is 0 Å². The van der Waals surface area contributed by atoms with Gasteiger partial charge in [-0.25, -0.2) is 0 Å². The molecule has 7 atom stereocenters. The molecule has 7 heteroatoms. The molecule has 33 heavy (non-hydrogen) atoms. The largest absolute Gasteiger partial charge is 0.491 e. The van der Waals surface area contributed by atoms with Crippen molar-refractivity contribution in [1.29, 1.82) is 0 Å². The van der Waals surface area contributed by atoms with Gasteiger partial charge in [0, 0.05) is 24.0 Å². The van der Waals surface area contributed by atoms with Crippen LogP contribution < -0.4 is 4.74 Å². The van der Waals surface area contributed by atoms with Gasteiger partial charge in [-0.3, -0.25) is 4.79 Å². The number of aliphatic carboxylic acids is 1. The van der Waals surface area contributed by atoms with E-state index in [1.54, 1.807) is 30.3 Å². The molecule has 0 aromatic heterocycles. The Hall–Kier alpha value is -1.60. The van der Waals surface area contributed by atoms with Gasteiger partial charge < -0.3 is 24.8 Å². The van der Waals surface area contributed by atoms with Crippen molar-refractivity contribution < 1.29 is 29.6 Å². The summed E-state index contributed by atoms with van der Waals surface area (Å²) in [4.78, 5) is 11.4. The normalized spacial score (nSPS) is 29.4. The van der Waals surface area contributed by atoms with Gasteiger partial charge in [0.05, 0.1) is 18.1 Å². The lowest BCUT2D eigenvalue weighted by molar-refractivity contribution is -0.142. The Kier molecular flexibility index (Phi) is 10.0. The van der Waals surface area contributed by atoms with E-state index in [-0.39, 0.29) is 30.5 Å². The van der Waals surface area contributed by atoms with Gasteiger partial charge in [-0.05, 0) is 62.1 Å². The molecule has 2 aliphatic rings. The highest BCUT2D eigenvalue weighted by Crippen LogP contribution is 2.42. The van der Waals surface area contributed by atoms with E-state index in [0.717, 1.165) is 32.1 Å². The zero-order valence-electron chi connectivity index (χ0n) is 19.3. The van der Waals surface area contributed by atoms with Crippen LogP contribution in [0.2, 0.25) is 5.02 Å². The molecule has 0 amide bonds. The molecule has 3 N–H and O–H groups in total. The predicted octanol–water partition coefficient (Wildman–Crippen LogP) is 4.71. The van der Waals surface area contributed by atoms with Crippen molar-refractivity contribution in [2.45, 2.75) is 70.2 Å². The number of halogens is 1. The maximum absolute atomic E-state index is 11.4. The van der Waals surface area contributed by atoms with E-state index in [1.165, 1.54) is 0 Å². The smallest absolute Gasteiger partial charge is 0.306 e. The van der Waals surface area contributed by atoms with Crippen LogP contribution in [0.4, 0.5) is 0 Å². The number of aliphatic hydroxyl groups is 2. The monoisotopic (exact) mass is 480 g/mol. The Morgan fingerprint density at radius 2 is 2.15 bits per heavy atom. The zero-order chi connectivity index (χ0) is 23.8. The van der Waals surface area contributed by atoms with Crippen molar-refractivity contribution in [2.24, 2.45) is 23.7 Å². The van der Waals surface area contributed by atoms with Crippen LogP contribution in [0, 0.1) is 23.7 Å². The first-order valence-corrected chi connectivity index (χ1v) is 12.5. The molecule has 184 valence electrons. The average Bonchev–Trinajstić information content (AvgIpc) is 2.94. The van der Waals surface area contributed by atoms with E-state index in [1.807, 2.05) is 13.0 Å². The quantitative estimate of drug-likeness (QED) is 0.397. The molecule has 3 rings (SSSR count). The summed E-state index contributed by atoms with van der Waals surface area (Å²) in [5, 5.41) is 30.9. The Morgan fingerprint density at radius 3 is 2.88 bits per heavy atom. The van der Waals surface area contributed by atoms with E-state index in [4.69, 9.17) is 21.1 Å². The average molecular weight is 481 g/mol. The summed E-state index contributed by atoms with van der Waals surface area (Å²) in [6.07, 6.45) is 7.98. The Balaban J connectivity index is 1.50. The molecule has 1 aliphatic carbocycles. The standard InChI is InChI=1S/C26H37ClO6/c1-2-4-18(26(30)31)9-7-17-8-11-23-22(24(29)14-25(23)33-15-17)12-10-20(28)16-32-21-6-3-5-19(27)13-21/h3,5-6,10,12-13,17-18,20,22-25,28-29H,2,4,7-9,11,14-16H2,1H3,(H,30,31)/t17-,18?,20+,22-,23-,24-,25+/m1/s1. The third-order valence-electron chi connectivity index (χ3n) is 7.03. The van der Waals surface area contributed by atoms with Crippen molar-refractivity contribution in [2.75, 3.05) is 13.2 Å². The van der Waals surface area contributed by atoms with Crippen LogP contribution in [-0.2, 0) is 9.53 Å². The van der Waals surface area contributed by atoms with Crippen molar-refractivity contribution >= 4 is 17.6 Å². The first-order valence-electron chi connectivity index (χ1n) is 12.1. The van der Waals surface area contributed by atoms with Crippen LogP contribution in [0.5, 0.6) is 5.75 Å². The number of hydrogen-bond acceptors (Lipinski definition) is 5. The lowest BCUT2D eigenvalue weighted by atomic mass is 9.85. The first kappa shape index (κ1) is 26.0. The summed E-state index contributed by atoms with van der Waals surface area (Å²) in [5.74, 6) is 0.117. The summed E-state index contributed by atoms with van der Waals surface area (Å²) in [6, 6.07) is 7.04. The minimum Gasteiger partial charge on any atom is -0.491 e. The fourth-order valence-electron chi connectivity index (χ4n) is 5.17. The summed E-state index contributed by atoms with van der Waals surface area (Å²) >= 11 is 5.95. The van der Waals surface area contributed by atoms with Crippen LogP contribution in [0.15, 0.2) is 36.4 Å². The van der Waals surface area contributed by atoms with Crippen LogP contribution in [0.1, 0.15) is 51.9 Å². The van der Waals surface area contributed by atoms with E-state index < -0.39 is 18.2 Å². The number of rotatable bonds is 11. The summed E-state index contributed by atoms with van der Waals surface area (Å²) in [5.41, 5.74) is 0. The Labute approximate surface area is 201 Å². The number of benzene rings is 1. The molecule has 1 heterocycles. The van der Waals surface area contributed by atoms with Crippen LogP contribution >= 0.6 is 11.6 Å². The maximum Gasteiger partial charge on any atom is 0.306 e. The van der Waals surface area contributed by atoms with Crippen molar-refractivity contribution in [1.82, 2.24) is 0 Å². The second kappa shape index (κ2) is 12.7. The highest BCUT2D eigenvalue weighted by atomic mass is 35.5. The van der Waals surface area contributed by atoms with E-state index in [2.05, 4.69) is 0 Å². The second-order valence-corrected chi connectivity index (χ2v) is 9.92. The van der Waals surface area contributed by atoms with Gasteiger partial charge >= 0.3 is 5.97 Å². The van der Waals surface area contributed by atoms with Crippen LogP contribution in [0.3, 0.4) is 0 Å². The van der Waals surface area contributed by atoms with Crippen molar-refractivity contribution in [3.8, 4) is 5.75 Å². The molecule has 0 bridgehead atoms. The van der Waals surface area contributed by atoms with Gasteiger partial charge in [-0.1, -0.05) is 43.2 Å². The predicted molar refractivity (Wildman–Crippen MR) is 127 cm³/mol. The van der Waals surface area contributed by atoms with Gasteiger partial charge in [-0.15, -0.1) is 0 Å². The Morgan fingerprint density at radius 1 is 1.33 bits per heavy atom. The molecule has 1 aromatic rings.